The van der Waals surface area contributed by atoms with Crippen LogP contribution in [0.25, 0.3) is 0 Å². The second-order valence-corrected chi connectivity index (χ2v) is 3.42. The molecule has 17 heavy (non-hydrogen) atoms. The molecule has 1 rings (SSSR count). The number of aromatic nitrogens is 2. The lowest BCUT2D eigenvalue weighted by Crippen LogP contribution is -2.17. The molecule has 0 amide bonds. The summed E-state index contributed by atoms with van der Waals surface area (Å²) in [6, 6.07) is 0. The van der Waals surface area contributed by atoms with Crippen LogP contribution in [0, 0.1) is 16.0 Å². The lowest BCUT2D eigenvalue weighted by atomic mass is 10.2. The number of carboxylic acids is 1. The van der Waals surface area contributed by atoms with E-state index in [-0.39, 0.29) is 6.54 Å². The van der Waals surface area contributed by atoms with Gasteiger partial charge >= 0.3 is 11.7 Å². The number of aliphatic carboxylic acids is 1. The molecule has 0 fully saturated rings. The van der Waals surface area contributed by atoms with Crippen molar-refractivity contribution in [3.63, 3.8) is 0 Å². The quantitative estimate of drug-likeness (QED) is 0.629. The van der Waals surface area contributed by atoms with Gasteiger partial charge in [-0.15, -0.1) is 0 Å². The number of halogens is 2. The third-order valence-electron chi connectivity index (χ3n) is 2.06. The Morgan fingerprint density at radius 1 is 1.71 bits per heavy atom. The number of nitrogens with zero attached hydrogens (tertiary/aromatic N) is 3. The summed E-state index contributed by atoms with van der Waals surface area (Å²) < 4.78 is 25.6. The monoisotopic (exact) mass is 249 g/mol. The van der Waals surface area contributed by atoms with E-state index in [1.807, 2.05) is 0 Å². The van der Waals surface area contributed by atoms with Crippen molar-refractivity contribution >= 4 is 11.7 Å². The van der Waals surface area contributed by atoms with E-state index in [0.717, 1.165) is 10.9 Å². The van der Waals surface area contributed by atoms with E-state index in [4.69, 9.17) is 5.11 Å². The van der Waals surface area contributed by atoms with Gasteiger partial charge in [-0.25, -0.2) is 8.78 Å². The van der Waals surface area contributed by atoms with E-state index in [0.29, 0.717) is 0 Å². The minimum Gasteiger partial charge on any atom is -0.481 e. The molecule has 7 nitrogen and oxygen atoms in total. The number of alkyl halides is 2. The molecule has 1 N–H and O–H groups in total. The molecule has 1 aromatic rings. The van der Waals surface area contributed by atoms with E-state index in [1.165, 1.54) is 6.92 Å². The molecule has 0 radical (unpaired) electrons. The fourth-order valence-corrected chi connectivity index (χ4v) is 1.17. The number of carboxylic acid groups (broad SMARTS) is 1. The van der Waals surface area contributed by atoms with Gasteiger partial charge in [-0.1, -0.05) is 6.92 Å². The maximum atomic E-state index is 12.4. The minimum atomic E-state index is -3.07. The summed E-state index contributed by atoms with van der Waals surface area (Å²) in [6.07, 6.45) is -2.27. The molecule has 0 unspecified atom stereocenters. The van der Waals surface area contributed by atoms with E-state index in [9.17, 15) is 23.7 Å². The van der Waals surface area contributed by atoms with E-state index in [1.54, 1.807) is 0 Å². The van der Waals surface area contributed by atoms with Crippen molar-refractivity contribution in [2.45, 2.75) is 19.9 Å². The fourth-order valence-electron chi connectivity index (χ4n) is 1.17. The molecule has 0 saturated carbocycles. The minimum absolute atomic E-state index is 0.205. The maximum Gasteiger partial charge on any atom is 0.316 e. The molecule has 94 valence electrons. The van der Waals surface area contributed by atoms with E-state index >= 15 is 0 Å². The second kappa shape index (κ2) is 4.85. The van der Waals surface area contributed by atoms with Crippen LogP contribution in [-0.4, -0.2) is 25.8 Å². The van der Waals surface area contributed by atoms with Crippen LogP contribution in [0.15, 0.2) is 6.20 Å². The first-order valence-electron chi connectivity index (χ1n) is 4.55. The zero-order chi connectivity index (χ0) is 13.2. The van der Waals surface area contributed by atoms with Gasteiger partial charge in [0.05, 0.1) is 17.4 Å². The molecule has 0 bridgehead atoms. The highest BCUT2D eigenvalue weighted by atomic mass is 19.3. The van der Waals surface area contributed by atoms with Gasteiger partial charge in [0, 0.05) is 0 Å². The molecule has 0 aliphatic heterocycles. The smallest absolute Gasteiger partial charge is 0.316 e. The first kappa shape index (κ1) is 13.0. The molecule has 0 aliphatic carbocycles. The van der Waals surface area contributed by atoms with Gasteiger partial charge in [-0.2, -0.15) is 5.10 Å². The fraction of sp³-hybridized carbons (Fsp3) is 0.500. The summed E-state index contributed by atoms with van der Waals surface area (Å²) in [5.41, 5.74) is -1.76. The number of rotatable bonds is 5. The lowest BCUT2D eigenvalue weighted by Gasteiger charge is -2.04. The van der Waals surface area contributed by atoms with Crippen LogP contribution in [0.1, 0.15) is 19.0 Å². The van der Waals surface area contributed by atoms with Crippen LogP contribution >= 0.6 is 0 Å². The van der Waals surface area contributed by atoms with Crippen LogP contribution in [0.4, 0.5) is 14.5 Å². The Hall–Kier alpha value is -2.06. The van der Waals surface area contributed by atoms with Crippen LogP contribution in [-0.2, 0) is 11.3 Å². The second-order valence-electron chi connectivity index (χ2n) is 3.42. The van der Waals surface area contributed by atoms with Crippen molar-refractivity contribution in [2.24, 2.45) is 5.92 Å². The molecule has 0 aliphatic rings. The highest BCUT2D eigenvalue weighted by molar-refractivity contribution is 5.69. The van der Waals surface area contributed by atoms with Crippen molar-refractivity contribution in [1.82, 2.24) is 9.78 Å². The lowest BCUT2D eigenvalue weighted by molar-refractivity contribution is -0.386. The maximum absolute atomic E-state index is 12.4. The molecule has 9 heteroatoms. The standard InChI is InChI=1S/C8H9F2N3O4/c1-4(8(14)15)2-12-3-5(13(16)17)6(11-12)7(9)10/h3-4,7H,2H2,1H3,(H,14,15)/t4-/m0/s1. The Morgan fingerprint density at radius 2 is 2.29 bits per heavy atom. The van der Waals surface area contributed by atoms with Crippen molar-refractivity contribution in [3.8, 4) is 0 Å². The zero-order valence-electron chi connectivity index (χ0n) is 8.71. The molecule has 1 heterocycles. The Morgan fingerprint density at radius 3 is 2.65 bits per heavy atom. The average Bonchev–Trinajstić information content (AvgIpc) is 2.61. The molecule has 1 atom stereocenters. The average molecular weight is 249 g/mol. The first-order chi connectivity index (χ1) is 7.82. The van der Waals surface area contributed by atoms with Crippen molar-refractivity contribution < 1.29 is 23.6 Å². The third-order valence-corrected chi connectivity index (χ3v) is 2.06. The predicted octanol–water partition coefficient (Wildman–Crippen LogP) is 1.45. The number of hydrogen-bond acceptors (Lipinski definition) is 4. The van der Waals surface area contributed by atoms with Crippen molar-refractivity contribution in [3.05, 3.63) is 22.0 Å². The van der Waals surface area contributed by atoms with Crippen LogP contribution < -0.4 is 0 Å². The Kier molecular flexibility index (Phi) is 3.71. The summed E-state index contributed by atoms with van der Waals surface area (Å²) >= 11 is 0. The van der Waals surface area contributed by atoms with Gasteiger partial charge < -0.3 is 5.11 Å². The summed E-state index contributed by atoms with van der Waals surface area (Å²) in [7, 11) is 0. The van der Waals surface area contributed by atoms with Crippen molar-refractivity contribution in [2.75, 3.05) is 0 Å². The Labute approximate surface area is 93.8 Å². The predicted molar refractivity (Wildman–Crippen MR) is 50.6 cm³/mol. The number of hydrogen-bond donors (Lipinski definition) is 1. The van der Waals surface area contributed by atoms with Gasteiger partial charge in [0.25, 0.3) is 6.43 Å². The molecule has 1 aromatic heterocycles. The molecular formula is C8H9F2N3O4. The first-order valence-corrected chi connectivity index (χ1v) is 4.55. The van der Waals surface area contributed by atoms with Gasteiger partial charge in [-0.3, -0.25) is 19.6 Å². The molecular weight excluding hydrogens is 240 g/mol. The van der Waals surface area contributed by atoms with E-state index < -0.39 is 34.6 Å². The molecule has 0 aromatic carbocycles. The summed E-state index contributed by atoms with van der Waals surface area (Å²) in [6.45, 7) is 1.14. The summed E-state index contributed by atoms with van der Waals surface area (Å²) in [5, 5.41) is 22.4. The normalized spacial score (nSPS) is 12.7. The Bertz CT molecular complexity index is 446. The van der Waals surface area contributed by atoms with Gasteiger partial charge in [0.15, 0.2) is 0 Å². The largest absolute Gasteiger partial charge is 0.481 e. The molecule has 0 saturated heterocycles. The van der Waals surface area contributed by atoms with Gasteiger partial charge in [0.1, 0.15) is 6.20 Å². The van der Waals surface area contributed by atoms with Gasteiger partial charge in [-0.05, 0) is 0 Å². The topological polar surface area (TPSA) is 98.3 Å². The highest BCUT2D eigenvalue weighted by Gasteiger charge is 2.27. The third kappa shape index (κ3) is 2.95. The Balaban J connectivity index is 3.00. The van der Waals surface area contributed by atoms with Crippen LogP contribution in [0.5, 0.6) is 0 Å². The van der Waals surface area contributed by atoms with Crippen LogP contribution in [0.3, 0.4) is 0 Å². The molecule has 0 spiro atoms. The zero-order valence-corrected chi connectivity index (χ0v) is 8.71. The number of carbonyl (C=O) groups is 1. The van der Waals surface area contributed by atoms with E-state index in [2.05, 4.69) is 5.10 Å². The summed E-state index contributed by atoms with van der Waals surface area (Å²) in [4.78, 5) is 20.0. The van der Waals surface area contributed by atoms with Gasteiger partial charge in [0.2, 0.25) is 5.69 Å². The highest BCUT2D eigenvalue weighted by Crippen LogP contribution is 2.27. The number of nitro groups is 1. The van der Waals surface area contributed by atoms with Crippen LogP contribution in [0.2, 0.25) is 0 Å². The SMILES string of the molecule is C[C@@H](Cn1cc([N+](=O)[O-])c(C(F)F)n1)C(=O)O. The summed E-state index contributed by atoms with van der Waals surface area (Å²) in [5.74, 6) is -2.01. The van der Waals surface area contributed by atoms with Crippen molar-refractivity contribution in [1.29, 1.82) is 0 Å².